The highest BCUT2D eigenvalue weighted by Crippen LogP contribution is 2.45. The third-order valence-electron chi connectivity index (χ3n) is 5.72. The summed E-state index contributed by atoms with van der Waals surface area (Å²) in [4.78, 5) is 22.2. The lowest BCUT2D eigenvalue weighted by atomic mass is 9.94. The number of benzene rings is 1. The standard InChI is InChI=1S/C22H24N4O2S/c1-13-24-20-18(21(27)25-26(20)16-8-10-28-22(2,3)12-16)19(29-13)15-6-7-17-14(11-15)5-4-9-23-17/h4-7,9,11,16,19H,8,10,12H2,1-3H3,(H,25,27). The predicted octanol–water partition coefficient (Wildman–Crippen LogP) is 4.74. The first kappa shape index (κ1) is 18.6. The molecule has 29 heavy (non-hydrogen) atoms. The molecule has 7 heteroatoms. The number of nitrogens with zero attached hydrogens (tertiary/aromatic N) is 3. The summed E-state index contributed by atoms with van der Waals surface area (Å²) in [5.74, 6) is 0.769. The molecule has 2 atom stereocenters. The zero-order chi connectivity index (χ0) is 20.2. The van der Waals surface area contributed by atoms with Gasteiger partial charge < -0.3 is 4.74 Å². The van der Waals surface area contributed by atoms with E-state index in [-0.39, 0.29) is 22.5 Å². The van der Waals surface area contributed by atoms with Gasteiger partial charge in [-0.3, -0.25) is 19.6 Å². The molecule has 0 spiro atoms. The molecule has 2 unspecified atom stereocenters. The second-order valence-corrected chi connectivity index (χ2v) is 9.69. The number of aliphatic imine (C=N–C) groups is 1. The minimum atomic E-state index is -0.204. The second kappa shape index (κ2) is 6.85. The second-order valence-electron chi connectivity index (χ2n) is 8.39. The summed E-state index contributed by atoms with van der Waals surface area (Å²) in [6, 6.07) is 10.4. The first-order valence-corrected chi connectivity index (χ1v) is 10.8. The van der Waals surface area contributed by atoms with Crippen LogP contribution < -0.4 is 5.56 Å². The molecule has 1 fully saturated rings. The quantitative estimate of drug-likeness (QED) is 0.665. The third kappa shape index (κ3) is 3.32. The van der Waals surface area contributed by atoms with E-state index in [0.29, 0.717) is 6.61 Å². The predicted molar refractivity (Wildman–Crippen MR) is 117 cm³/mol. The molecule has 2 aliphatic rings. The SMILES string of the molecule is CC1=Nc2c(c(=O)[nH]n2C2CCOC(C)(C)C2)C(c2ccc3ncccc3c2)S1. The fourth-order valence-electron chi connectivity index (χ4n) is 4.39. The summed E-state index contributed by atoms with van der Waals surface area (Å²) in [5.41, 5.74) is 2.54. The number of H-pyrrole nitrogens is 1. The van der Waals surface area contributed by atoms with E-state index in [9.17, 15) is 4.79 Å². The highest BCUT2D eigenvalue weighted by molar-refractivity contribution is 8.14. The van der Waals surface area contributed by atoms with Gasteiger partial charge in [0.05, 0.1) is 33.0 Å². The van der Waals surface area contributed by atoms with Crippen LogP contribution in [0, 0.1) is 0 Å². The van der Waals surface area contributed by atoms with Crippen molar-refractivity contribution >= 4 is 33.5 Å². The molecule has 1 saturated heterocycles. The van der Waals surface area contributed by atoms with Crippen LogP contribution in [0.3, 0.4) is 0 Å². The van der Waals surface area contributed by atoms with Crippen molar-refractivity contribution in [1.29, 1.82) is 0 Å². The molecule has 0 bridgehead atoms. The third-order valence-corrected chi connectivity index (χ3v) is 6.89. The van der Waals surface area contributed by atoms with Crippen molar-refractivity contribution in [2.75, 3.05) is 6.61 Å². The molecule has 6 nitrogen and oxygen atoms in total. The van der Waals surface area contributed by atoms with Gasteiger partial charge in [0.1, 0.15) is 0 Å². The monoisotopic (exact) mass is 408 g/mol. The van der Waals surface area contributed by atoms with Crippen LogP contribution >= 0.6 is 11.8 Å². The highest BCUT2D eigenvalue weighted by atomic mass is 32.2. The van der Waals surface area contributed by atoms with Crippen LogP contribution in [-0.2, 0) is 4.74 Å². The number of nitrogens with one attached hydrogen (secondary N) is 1. The highest BCUT2D eigenvalue weighted by Gasteiger charge is 2.35. The van der Waals surface area contributed by atoms with E-state index in [0.717, 1.165) is 45.7 Å². The molecule has 1 N–H and O–H groups in total. The lowest BCUT2D eigenvalue weighted by Gasteiger charge is -2.36. The van der Waals surface area contributed by atoms with Gasteiger partial charge in [-0.15, -0.1) is 0 Å². The molecule has 2 aliphatic heterocycles. The van der Waals surface area contributed by atoms with E-state index >= 15 is 0 Å². The maximum Gasteiger partial charge on any atom is 0.271 e. The number of pyridine rings is 1. The van der Waals surface area contributed by atoms with Crippen molar-refractivity contribution in [1.82, 2.24) is 14.8 Å². The first-order chi connectivity index (χ1) is 13.9. The Balaban J connectivity index is 1.61. The molecule has 0 aliphatic carbocycles. The van der Waals surface area contributed by atoms with Crippen molar-refractivity contribution in [2.45, 2.75) is 50.5 Å². The molecule has 4 heterocycles. The van der Waals surface area contributed by atoms with Crippen LogP contribution in [0.2, 0.25) is 0 Å². The summed E-state index contributed by atoms with van der Waals surface area (Å²) < 4.78 is 7.86. The summed E-state index contributed by atoms with van der Waals surface area (Å²) in [6.07, 6.45) is 3.51. The van der Waals surface area contributed by atoms with Gasteiger partial charge in [0.15, 0.2) is 5.82 Å². The molecule has 2 aromatic heterocycles. The number of aromatic nitrogens is 3. The Morgan fingerprint density at radius 1 is 1.31 bits per heavy atom. The number of ether oxygens (including phenoxy) is 1. The number of aromatic amines is 1. The number of thioether (sulfide) groups is 1. The van der Waals surface area contributed by atoms with Crippen molar-refractivity contribution in [3.63, 3.8) is 0 Å². The normalized spacial score (nSPS) is 23.6. The maximum atomic E-state index is 13.0. The Bertz CT molecular complexity index is 1180. The van der Waals surface area contributed by atoms with Gasteiger partial charge in [0, 0.05) is 18.2 Å². The number of rotatable bonds is 2. The van der Waals surface area contributed by atoms with E-state index in [4.69, 9.17) is 9.73 Å². The average molecular weight is 409 g/mol. The van der Waals surface area contributed by atoms with E-state index in [1.807, 2.05) is 23.7 Å². The maximum absolute atomic E-state index is 13.0. The van der Waals surface area contributed by atoms with Crippen LogP contribution in [0.5, 0.6) is 0 Å². The Morgan fingerprint density at radius 3 is 3.00 bits per heavy atom. The zero-order valence-electron chi connectivity index (χ0n) is 16.8. The zero-order valence-corrected chi connectivity index (χ0v) is 17.6. The first-order valence-electron chi connectivity index (χ1n) is 9.96. The fraction of sp³-hybridized carbons (Fsp3) is 0.409. The van der Waals surface area contributed by atoms with Crippen molar-refractivity contribution in [3.8, 4) is 0 Å². The van der Waals surface area contributed by atoms with Gasteiger partial charge >= 0.3 is 0 Å². The van der Waals surface area contributed by atoms with Gasteiger partial charge in [-0.1, -0.05) is 23.9 Å². The van der Waals surface area contributed by atoms with Crippen LogP contribution in [0.15, 0.2) is 46.3 Å². The molecule has 1 aromatic carbocycles. The molecular weight excluding hydrogens is 384 g/mol. The average Bonchev–Trinajstić information content (AvgIpc) is 3.02. The minimum absolute atomic E-state index is 0.0515. The minimum Gasteiger partial charge on any atom is -0.375 e. The van der Waals surface area contributed by atoms with Gasteiger partial charge in [0.25, 0.3) is 5.56 Å². The fourth-order valence-corrected chi connectivity index (χ4v) is 5.48. The Morgan fingerprint density at radius 2 is 2.17 bits per heavy atom. The Kier molecular flexibility index (Phi) is 4.40. The van der Waals surface area contributed by atoms with Crippen molar-refractivity contribution in [3.05, 3.63) is 58.0 Å². The van der Waals surface area contributed by atoms with E-state index in [1.165, 1.54) is 0 Å². The number of hydrogen-bond donors (Lipinski definition) is 1. The van der Waals surface area contributed by atoms with E-state index in [2.05, 4.69) is 42.1 Å². The summed E-state index contributed by atoms with van der Waals surface area (Å²) in [6.45, 7) is 6.90. The molecule has 3 aromatic rings. The topological polar surface area (TPSA) is 72.3 Å². The number of fused-ring (bicyclic) bond motifs is 2. The Hall–Kier alpha value is -2.38. The van der Waals surface area contributed by atoms with Gasteiger partial charge in [-0.2, -0.15) is 0 Å². The summed E-state index contributed by atoms with van der Waals surface area (Å²) in [7, 11) is 0. The molecule has 0 amide bonds. The van der Waals surface area contributed by atoms with E-state index in [1.54, 1.807) is 18.0 Å². The lowest BCUT2D eigenvalue weighted by Crippen LogP contribution is -2.35. The smallest absolute Gasteiger partial charge is 0.271 e. The van der Waals surface area contributed by atoms with Crippen LogP contribution in [0.1, 0.15) is 56.0 Å². The largest absolute Gasteiger partial charge is 0.375 e. The lowest BCUT2D eigenvalue weighted by molar-refractivity contribution is -0.0705. The van der Waals surface area contributed by atoms with Crippen LogP contribution in [0.4, 0.5) is 5.82 Å². The van der Waals surface area contributed by atoms with Crippen LogP contribution in [-0.4, -0.2) is 32.0 Å². The molecule has 150 valence electrons. The number of hydrogen-bond acceptors (Lipinski definition) is 5. The van der Waals surface area contributed by atoms with Gasteiger partial charge in [0.2, 0.25) is 0 Å². The van der Waals surface area contributed by atoms with Gasteiger partial charge in [-0.05, 0) is 57.4 Å². The summed E-state index contributed by atoms with van der Waals surface area (Å²) in [5, 5.41) is 5.06. The molecule has 0 saturated carbocycles. The molecule has 0 radical (unpaired) electrons. The molecular formula is C22H24N4O2S. The van der Waals surface area contributed by atoms with Crippen molar-refractivity contribution < 1.29 is 4.74 Å². The van der Waals surface area contributed by atoms with E-state index < -0.39 is 0 Å². The summed E-state index contributed by atoms with van der Waals surface area (Å²) >= 11 is 1.64. The van der Waals surface area contributed by atoms with Gasteiger partial charge in [-0.25, -0.2) is 4.99 Å². The Labute approximate surface area is 173 Å². The van der Waals surface area contributed by atoms with Crippen molar-refractivity contribution in [2.24, 2.45) is 4.99 Å². The van der Waals surface area contributed by atoms with Crippen LogP contribution in [0.25, 0.3) is 10.9 Å². The molecule has 5 rings (SSSR count).